The van der Waals surface area contributed by atoms with Gasteiger partial charge in [0.15, 0.2) is 0 Å². The van der Waals surface area contributed by atoms with Crippen LogP contribution in [0.1, 0.15) is 5.56 Å². The number of hydrogen-bond donors (Lipinski definition) is 1. The van der Waals surface area contributed by atoms with E-state index in [1.54, 1.807) is 19.1 Å². The Labute approximate surface area is 116 Å². The lowest BCUT2D eigenvalue weighted by Crippen LogP contribution is -2.29. The van der Waals surface area contributed by atoms with Crippen LogP contribution in [0.15, 0.2) is 27.6 Å². The maximum atomic E-state index is 12.0. The Bertz CT molecular complexity index is 638. The maximum Gasteiger partial charge on any atom is 0.240 e. The summed E-state index contributed by atoms with van der Waals surface area (Å²) in [5.41, 5.74) is 0.602. The van der Waals surface area contributed by atoms with E-state index >= 15 is 0 Å². The van der Waals surface area contributed by atoms with E-state index in [1.807, 2.05) is 0 Å². The molecule has 0 aliphatic heterocycles. The Morgan fingerprint density at radius 2 is 1.83 bits per heavy atom. The molecule has 0 unspecified atom stereocenters. The summed E-state index contributed by atoms with van der Waals surface area (Å²) in [5, 5.41) is 0. The van der Waals surface area contributed by atoms with Crippen LogP contribution in [0.4, 0.5) is 0 Å². The van der Waals surface area contributed by atoms with E-state index in [1.165, 1.54) is 6.07 Å². The van der Waals surface area contributed by atoms with Gasteiger partial charge in [0.05, 0.1) is 10.6 Å². The Morgan fingerprint density at radius 3 is 2.39 bits per heavy atom. The lowest BCUT2D eigenvalue weighted by Gasteiger charge is -2.09. The third-order valence-electron chi connectivity index (χ3n) is 2.20. The molecule has 0 atom stereocenters. The van der Waals surface area contributed by atoms with Crippen LogP contribution in [0.3, 0.4) is 0 Å². The first kappa shape index (κ1) is 15.6. The zero-order valence-corrected chi connectivity index (χ0v) is 13.2. The number of hydrogen-bond acceptors (Lipinski definition) is 4. The van der Waals surface area contributed by atoms with Crippen LogP contribution in [-0.4, -0.2) is 35.4 Å². The van der Waals surface area contributed by atoms with Crippen LogP contribution in [0.5, 0.6) is 0 Å². The number of benzene rings is 1. The van der Waals surface area contributed by atoms with Gasteiger partial charge in [-0.25, -0.2) is 21.6 Å². The fraction of sp³-hybridized carbons (Fsp3) is 0.400. The van der Waals surface area contributed by atoms with Crippen molar-refractivity contribution >= 4 is 35.8 Å². The first-order chi connectivity index (χ1) is 8.12. The van der Waals surface area contributed by atoms with Crippen LogP contribution in [-0.2, 0) is 19.9 Å². The normalized spacial score (nSPS) is 12.6. The summed E-state index contributed by atoms with van der Waals surface area (Å²) in [6, 6.07) is 4.90. The van der Waals surface area contributed by atoms with Gasteiger partial charge in [-0.2, -0.15) is 0 Å². The van der Waals surface area contributed by atoms with Crippen molar-refractivity contribution in [2.45, 2.75) is 11.8 Å². The Morgan fingerprint density at radius 1 is 1.22 bits per heavy atom. The van der Waals surface area contributed by atoms with Gasteiger partial charge in [0.2, 0.25) is 10.0 Å². The zero-order chi connectivity index (χ0) is 14.0. The van der Waals surface area contributed by atoms with E-state index in [4.69, 9.17) is 0 Å². The Balaban J connectivity index is 2.90. The summed E-state index contributed by atoms with van der Waals surface area (Å²) < 4.78 is 48.7. The minimum Gasteiger partial charge on any atom is -0.229 e. The van der Waals surface area contributed by atoms with Crippen molar-refractivity contribution in [2.75, 3.05) is 18.6 Å². The smallest absolute Gasteiger partial charge is 0.229 e. The highest BCUT2D eigenvalue weighted by atomic mass is 79.9. The van der Waals surface area contributed by atoms with Gasteiger partial charge >= 0.3 is 0 Å². The summed E-state index contributed by atoms with van der Waals surface area (Å²) in [4.78, 5) is 0.144. The van der Waals surface area contributed by atoms with Crippen LogP contribution in [0.2, 0.25) is 0 Å². The average molecular weight is 356 g/mol. The van der Waals surface area contributed by atoms with E-state index in [0.29, 0.717) is 10.0 Å². The Hall–Kier alpha value is -0.440. The number of halogens is 1. The maximum absolute atomic E-state index is 12.0. The summed E-state index contributed by atoms with van der Waals surface area (Å²) >= 11 is 3.20. The number of rotatable bonds is 5. The molecule has 0 spiro atoms. The summed E-state index contributed by atoms with van der Waals surface area (Å²) in [6.07, 6.45) is 1.06. The molecular weight excluding hydrogens is 342 g/mol. The topological polar surface area (TPSA) is 80.3 Å². The summed E-state index contributed by atoms with van der Waals surface area (Å²) in [5.74, 6) is -0.223. The molecule has 0 heterocycles. The lowest BCUT2D eigenvalue weighted by atomic mass is 10.2. The van der Waals surface area contributed by atoms with Crippen molar-refractivity contribution in [3.8, 4) is 0 Å². The third-order valence-corrected chi connectivity index (χ3v) is 5.25. The molecule has 0 saturated carbocycles. The molecule has 0 fully saturated rings. The molecule has 0 amide bonds. The average Bonchev–Trinajstić information content (AvgIpc) is 2.19. The summed E-state index contributed by atoms with van der Waals surface area (Å²) in [7, 11) is -6.86. The minimum absolute atomic E-state index is 0.132. The van der Waals surface area contributed by atoms with Crippen molar-refractivity contribution in [1.29, 1.82) is 0 Å². The predicted molar refractivity (Wildman–Crippen MR) is 73.8 cm³/mol. The van der Waals surface area contributed by atoms with Gasteiger partial charge in [-0.3, -0.25) is 0 Å². The third kappa shape index (κ3) is 4.68. The molecule has 1 N–H and O–H groups in total. The molecule has 8 heteroatoms. The SMILES string of the molecule is Cc1ccc(Br)cc1S(=O)(=O)NCCS(C)(=O)=O. The first-order valence-corrected chi connectivity index (χ1v) is 9.39. The van der Waals surface area contributed by atoms with Crippen LogP contribution in [0, 0.1) is 6.92 Å². The monoisotopic (exact) mass is 355 g/mol. The second-order valence-electron chi connectivity index (χ2n) is 3.94. The molecule has 18 heavy (non-hydrogen) atoms. The molecule has 1 aromatic rings. The second-order valence-corrected chi connectivity index (χ2v) is 8.85. The van der Waals surface area contributed by atoms with E-state index < -0.39 is 19.9 Å². The van der Waals surface area contributed by atoms with Gasteiger partial charge in [0.25, 0.3) is 0 Å². The zero-order valence-electron chi connectivity index (χ0n) is 9.97. The quantitative estimate of drug-likeness (QED) is 0.856. The van der Waals surface area contributed by atoms with Crippen molar-refractivity contribution in [3.05, 3.63) is 28.2 Å². The fourth-order valence-corrected chi connectivity index (χ4v) is 3.72. The van der Waals surface area contributed by atoms with E-state index in [0.717, 1.165) is 6.26 Å². The van der Waals surface area contributed by atoms with Gasteiger partial charge in [-0.15, -0.1) is 0 Å². The second kappa shape index (κ2) is 5.68. The van der Waals surface area contributed by atoms with Gasteiger partial charge in [0.1, 0.15) is 9.84 Å². The van der Waals surface area contributed by atoms with Gasteiger partial charge in [-0.05, 0) is 24.6 Å². The molecule has 5 nitrogen and oxygen atoms in total. The molecule has 0 aromatic heterocycles. The lowest BCUT2D eigenvalue weighted by molar-refractivity contribution is 0.581. The van der Waals surface area contributed by atoms with Crippen molar-refractivity contribution in [2.24, 2.45) is 0 Å². The van der Waals surface area contributed by atoms with Gasteiger partial charge < -0.3 is 0 Å². The highest BCUT2D eigenvalue weighted by Crippen LogP contribution is 2.20. The number of sulfone groups is 1. The van der Waals surface area contributed by atoms with Gasteiger partial charge in [-0.1, -0.05) is 22.0 Å². The summed E-state index contributed by atoms with van der Waals surface area (Å²) in [6.45, 7) is 1.55. The fourth-order valence-electron chi connectivity index (χ4n) is 1.30. The molecule has 1 aromatic carbocycles. The number of nitrogens with one attached hydrogen (secondary N) is 1. The molecular formula is C10H14BrNO4S2. The highest BCUT2D eigenvalue weighted by molar-refractivity contribution is 9.10. The van der Waals surface area contributed by atoms with E-state index in [9.17, 15) is 16.8 Å². The first-order valence-electron chi connectivity index (χ1n) is 5.05. The van der Waals surface area contributed by atoms with Crippen molar-refractivity contribution in [3.63, 3.8) is 0 Å². The molecule has 0 saturated heterocycles. The Kier molecular flexibility index (Phi) is 4.93. The number of aryl methyl sites for hydroxylation is 1. The molecule has 102 valence electrons. The van der Waals surface area contributed by atoms with Crippen molar-refractivity contribution in [1.82, 2.24) is 4.72 Å². The molecule has 0 bridgehead atoms. The molecule has 0 aliphatic rings. The predicted octanol–water partition coefficient (Wildman–Crippen LogP) is 1.08. The largest absolute Gasteiger partial charge is 0.240 e. The van der Waals surface area contributed by atoms with Crippen molar-refractivity contribution < 1.29 is 16.8 Å². The van der Waals surface area contributed by atoms with Crippen LogP contribution >= 0.6 is 15.9 Å². The van der Waals surface area contributed by atoms with Crippen LogP contribution < -0.4 is 4.72 Å². The van der Waals surface area contributed by atoms with E-state index in [2.05, 4.69) is 20.7 Å². The number of sulfonamides is 1. The highest BCUT2D eigenvalue weighted by Gasteiger charge is 2.17. The van der Waals surface area contributed by atoms with E-state index in [-0.39, 0.29) is 17.2 Å². The standard InChI is InChI=1S/C10H14BrNO4S2/c1-8-3-4-9(11)7-10(8)18(15,16)12-5-6-17(2,13)14/h3-4,7,12H,5-6H2,1-2H3. The molecule has 0 radical (unpaired) electrons. The van der Waals surface area contributed by atoms with Gasteiger partial charge in [0, 0.05) is 17.3 Å². The molecule has 1 rings (SSSR count). The molecule has 0 aliphatic carbocycles. The minimum atomic E-state index is -3.68. The van der Waals surface area contributed by atoms with Crippen LogP contribution in [0.25, 0.3) is 0 Å².